The number of ether oxygens (including phenoxy) is 3. The summed E-state index contributed by atoms with van der Waals surface area (Å²) in [7, 11) is 4.84. The highest BCUT2D eigenvalue weighted by Gasteiger charge is 2.11. The Morgan fingerprint density at radius 2 is 1.67 bits per heavy atom. The number of hydrogen-bond acceptors (Lipinski definition) is 3. The van der Waals surface area contributed by atoms with Crippen molar-refractivity contribution in [3.8, 4) is 17.2 Å². The van der Waals surface area contributed by atoms with Gasteiger partial charge in [-0.05, 0) is 30.5 Å². The molecule has 1 rings (SSSR count). The lowest BCUT2D eigenvalue weighted by Gasteiger charge is -2.12. The first-order valence-electron chi connectivity index (χ1n) is 5.79. The topological polar surface area (TPSA) is 27.7 Å². The second-order valence-corrected chi connectivity index (χ2v) is 4.49. The Morgan fingerprint density at radius 1 is 1.06 bits per heavy atom. The molecule has 0 spiro atoms. The van der Waals surface area contributed by atoms with Gasteiger partial charge >= 0.3 is 0 Å². The minimum atomic E-state index is 0.623. The quantitative estimate of drug-likeness (QED) is 0.564. The predicted molar refractivity (Wildman–Crippen MR) is 78.2 cm³/mol. The van der Waals surface area contributed by atoms with Crippen LogP contribution in [-0.4, -0.2) is 26.7 Å². The van der Waals surface area contributed by atoms with E-state index < -0.39 is 0 Å². The summed E-state index contributed by atoms with van der Waals surface area (Å²) in [5.41, 5.74) is 1.04. The highest BCUT2D eigenvalue weighted by atomic mass is 79.9. The average molecular weight is 315 g/mol. The lowest BCUT2D eigenvalue weighted by molar-refractivity contribution is 0.324. The van der Waals surface area contributed by atoms with E-state index in [1.807, 2.05) is 12.1 Å². The third kappa shape index (κ3) is 3.95. The minimum Gasteiger partial charge on any atom is -0.493 e. The molecule has 3 nitrogen and oxygen atoms in total. The van der Waals surface area contributed by atoms with Crippen molar-refractivity contribution in [1.29, 1.82) is 0 Å². The van der Waals surface area contributed by atoms with Crippen molar-refractivity contribution < 1.29 is 14.2 Å². The molecule has 18 heavy (non-hydrogen) atoms. The van der Waals surface area contributed by atoms with E-state index in [9.17, 15) is 0 Å². The van der Waals surface area contributed by atoms with Gasteiger partial charge in [0.05, 0.1) is 21.3 Å². The van der Waals surface area contributed by atoms with Gasteiger partial charge in [0.25, 0.3) is 0 Å². The first-order valence-corrected chi connectivity index (χ1v) is 6.91. The van der Waals surface area contributed by atoms with Gasteiger partial charge < -0.3 is 14.2 Å². The van der Waals surface area contributed by atoms with Crippen molar-refractivity contribution in [1.82, 2.24) is 0 Å². The maximum Gasteiger partial charge on any atom is 0.203 e. The lowest BCUT2D eigenvalue weighted by atomic mass is 10.1. The first-order chi connectivity index (χ1) is 8.76. The van der Waals surface area contributed by atoms with Crippen LogP contribution >= 0.6 is 15.9 Å². The normalized spacial score (nSPS) is 10.7. The highest BCUT2D eigenvalue weighted by molar-refractivity contribution is 9.09. The van der Waals surface area contributed by atoms with Gasteiger partial charge in [0, 0.05) is 5.33 Å². The summed E-state index contributed by atoms with van der Waals surface area (Å²) in [6.45, 7) is 0. The average Bonchev–Trinajstić information content (AvgIpc) is 2.42. The number of allylic oxidation sites excluding steroid dienone is 1. The van der Waals surface area contributed by atoms with Gasteiger partial charge in [-0.1, -0.05) is 28.1 Å². The molecule has 0 atom stereocenters. The number of unbranched alkanes of at least 4 members (excludes halogenated alkanes) is 1. The number of methoxy groups -OCH3 is 3. The van der Waals surface area contributed by atoms with Gasteiger partial charge in [-0.25, -0.2) is 0 Å². The van der Waals surface area contributed by atoms with E-state index in [1.165, 1.54) is 0 Å². The van der Waals surface area contributed by atoms with Crippen LogP contribution in [0.25, 0.3) is 6.08 Å². The summed E-state index contributed by atoms with van der Waals surface area (Å²) >= 11 is 3.41. The zero-order chi connectivity index (χ0) is 13.4. The van der Waals surface area contributed by atoms with Crippen molar-refractivity contribution in [3.05, 3.63) is 23.8 Å². The molecule has 100 valence electrons. The molecule has 0 aliphatic heterocycles. The highest BCUT2D eigenvalue weighted by Crippen LogP contribution is 2.38. The SMILES string of the molecule is COc1cc(/C=C\CCCBr)cc(OC)c1OC. The number of hydrogen-bond donors (Lipinski definition) is 0. The monoisotopic (exact) mass is 314 g/mol. The van der Waals surface area contributed by atoms with Crippen LogP contribution in [0.5, 0.6) is 17.2 Å². The largest absolute Gasteiger partial charge is 0.493 e. The van der Waals surface area contributed by atoms with E-state index in [2.05, 4.69) is 28.1 Å². The molecular weight excluding hydrogens is 296 g/mol. The van der Waals surface area contributed by atoms with E-state index in [0.29, 0.717) is 17.2 Å². The molecule has 0 radical (unpaired) electrons. The van der Waals surface area contributed by atoms with Crippen molar-refractivity contribution in [3.63, 3.8) is 0 Å². The molecule has 4 heteroatoms. The van der Waals surface area contributed by atoms with Crippen molar-refractivity contribution in [2.45, 2.75) is 12.8 Å². The summed E-state index contributed by atoms with van der Waals surface area (Å²) < 4.78 is 15.9. The van der Waals surface area contributed by atoms with Crippen LogP contribution in [0, 0.1) is 0 Å². The Balaban J connectivity index is 2.96. The lowest BCUT2D eigenvalue weighted by Crippen LogP contribution is -1.95. The maximum absolute atomic E-state index is 5.30. The van der Waals surface area contributed by atoms with Gasteiger partial charge in [0.15, 0.2) is 11.5 Å². The molecule has 1 aromatic rings. The van der Waals surface area contributed by atoms with Gasteiger partial charge in [-0.2, -0.15) is 0 Å². The number of alkyl halides is 1. The molecule has 0 amide bonds. The fourth-order valence-corrected chi connectivity index (χ4v) is 1.94. The summed E-state index contributed by atoms with van der Waals surface area (Å²) in [5.74, 6) is 1.98. The Kier molecular flexibility index (Phi) is 6.65. The van der Waals surface area contributed by atoms with Crippen LogP contribution in [0.1, 0.15) is 18.4 Å². The molecule has 0 saturated heterocycles. The third-order valence-electron chi connectivity index (χ3n) is 2.50. The van der Waals surface area contributed by atoms with Crippen LogP contribution < -0.4 is 14.2 Å². The van der Waals surface area contributed by atoms with E-state index in [4.69, 9.17) is 14.2 Å². The summed E-state index contributed by atoms with van der Waals surface area (Å²) in [6, 6.07) is 3.87. The fraction of sp³-hybridized carbons (Fsp3) is 0.429. The Bertz CT molecular complexity index is 377. The number of benzene rings is 1. The van der Waals surface area contributed by atoms with Crippen LogP contribution in [-0.2, 0) is 0 Å². The third-order valence-corrected chi connectivity index (χ3v) is 3.06. The Morgan fingerprint density at radius 3 is 2.11 bits per heavy atom. The van der Waals surface area contributed by atoms with Crippen LogP contribution in [0.3, 0.4) is 0 Å². The first kappa shape index (κ1) is 14.9. The number of rotatable bonds is 7. The Labute approximate surface area is 117 Å². The van der Waals surface area contributed by atoms with E-state index >= 15 is 0 Å². The second-order valence-electron chi connectivity index (χ2n) is 3.69. The van der Waals surface area contributed by atoms with Crippen molar-refractivity contribution >= 4 is 22.0 Å². The molecular formula is C14H19BrO3. The van der Waals surface area contributed by atoms with Gasteiger partial charge in [0.2, 0.25) is 5.75 Å². The van der Waals surface area contributed by atoms with Gasteiger partial charge in [-0.15, -0.1) is 0 Å². The smallest absolute Gasteiger partial charge is 0.203 e. The van der Waals surface area contributed by atoms with Crippen LogP contribution in [0.4, 0.5) is 0 Å². The zero-order valence-electron chi connectivity index (χ0n) is 11.0. The molecule has 0 unspecified atom stereocenters. The molecule has 0 aliphatic carbocycles. The molecule has 0 saturated carbocycles. The number of halogens is 1. The Hall–Kier alpha value is -1.16. The van der Waals surface area contributed by atoms with Crippen molar-refractivity contribution in [2.24, 2.45) is 0 Å². The van der Waals surface area contributed by atoms with Gasteiger partial charge in [0.1, 0.15) is 0 Å². The van der Waals surface area contributed by atoms with Crippen LogP contribution in [0.15, 0.2) is 18.2 Å². The van der Waals surface area contributed by atoms with E-state index in [1.54, 1.807) is 21.3 Å². The molecule has 0 aromatic heterocycles. The molecule has 1 aromatic carbocycles. The summed E-state index contributed by atoms with van der Waals surface area (Å²) in [5, 5.41) is 1.02. The van der Waals surface area contributed by atoms with E-state index in [0.717, 1.165) is 23.7 Å². The van der Waals surface area contributed by atoms with Crippen LogP contribution in [0.2, 0.25) is 0 Å². The minimum absolute atomic E-state index is 0.623. The predicted octanol–water partition coefficient (Wildman–Crippen LogP) is 3.90. The molecule has 0 fully saturated rings. The second kappa shape index (κ2) is 8.03. The summed E-state index contributed by atoms with van der Waals surface area (Å²) in [4.78, 5) is 0. The molecule has 0 bridgehead atoms. The summed E-state index contributed by atoms with van der Waals surface area (Å²) in [6.07, 6.45) is 6.37. The standard InChI is InChI=1S/C14H19BrO3/c1-16-12-9-11(7-5-4-6-8-15)10-13(17-2)14(12)18-3/h5,7,9-10H,4,6,8H2,1-3H3/b7-5-. The molecule has 0 heterocycles. The zero-order valence-corrected chi connectivity index (χ0v) is 12.6. The molecule has 0 aliphatic rings. The maximum atomic E-state index is 5.30. The fourth-order valence-electron chi connectivity index (χ4n) is 1.61. The van der Waals surface area contributed by atoms with E-state index in [-0.39, 0.29) is 0 Å². The molecule has 0 N–H and O–H groups in total. The van der Waals surface area contributed by atoms with Gasteiger partial charge in [-0.3, -0.25) is 0 Å². The van der Waals surface area contributed by atoms with Crippen molar-refractivity contribution in [2.75, 3.05) is 26.7 Å².